The Morgan fingerprint density at radius 3 is 2.80 bits per heavy atom. The molecule has 1 rings (SSSR count). The fraction of sp³-hybridized carbons (Fsp3) is 0.364. The molecule has 15 heavy (non-hydrogen) atoms. The van der Waals surface area contributed by atoms with Crippen LogP contribution >= 0.6 is 0 Å². The third-order valence-corrected chi connectivity index (χ3v) is 2.13. The van der Waals surface area contributed by atoms with Crippen molar-refractivity contribution in [3.8, 4) is 5.75 Å². The molecule has 0 aliphatic carbocycles. The summed E-state index contributed by atoms with van der Waals surface area (Å²) in [5.41, 5.74) is 0.535. The zero-order valence-corrected chi connectivity index (χ0v) is 8.66. The standard InChI is InChI=1S/C11H13FO3/c1-3-15-10-6-8(4-5-9(10)12)7(2)11(13)14/h4-7H,3H2,1-2H3,(H,13,14). The first-order valence-electron chi connectivity index (χ1n) is 4.71. The molecule has 0 saturated carbocycles. The van der Waals surface area contributed by atoms with Gasteiger partial charge in [-0.2, -0.15) is 0 Å². The average molecular weight is 212 g/mol. The van der Waals surface area contributed by atoms with E-state index in [0.29, 0.717) is 12.2 Å². The molecule has 0 bridgehead atoms. The van der Waals surface area contributed by atoms with Crippen LogP contribution in [0.5, 0.6) is 5.75 Å². The molecule has 1 unspecified atom stereocenters. The first-order valence-corrected chi connectivity index (χ1v) is 4.71. The van der Waals surface area contributed by atoms with E-state index in [9.17, 15) is 9.18 Å². The predicted molar refractivity (Wildman–Crippen MR) is 53.6 cm³/mol. The topological polar surface area (TPSA) is 46.5 Å². The van der Waals surface area contributed by atoms with E-state index in [1.807, 2.05) is 0 Å². The van der Waals surface area contributed by atoms with Gasteiger partial charge in [0, 0.05) is 0 Å². The van der Waals surface area contributed by atoms with Crippen molar-refractivity contribution >= 4 is 5.97 Å². The van der Waals surface area contributed by atoms with E-state index in [2.05, 4.69) is 0 Å². The van der Waals surface area contributed by atoms with Crippen molar-refractivity contribution < 1.29 is 19.0 Å². The Labute approximate surface area is 87.5 Å². The number of aliphatic carboxylic acids is 1. The van der Waals surface area contributed by atoms with Crippen LogP contribution < -0.4 is 4.74 Å². The lowest BCUT2D eigenvalue weighted by Gasteiger charge is -2.10. The Bertz CT molecular complexity index is 363. The number of carboxylic acid groups (broad SMARTS) is 1. The van der Waals surface area contributed by atoms with Crippen molar-refractivity contribution in [1.29, 1.82) is 0 Å². The summed E-state index contributed by atoms with van der Waals surface area (Å²) in [6, 6.07) is 4.11. The summed E-state index contributed by atoms with van der Waals surface area (Å²) in [4.78, 5) is 10.7. The molecule has 0 heterocycles. The molecule has 0 aliphatic rings. The van der Waals surface area contributed by atoms with Gasteiger partial charge < -0.3 is 9.84 Å². The first kappa shape index (κ1) is 11.5. The molecule has 0 spiro atoms. The Morgan fingerprint density at radius 1 is 1.60 bits per heavy atom. The zero-order chi connectivity index (χ0) is 11.4. The lowest BCUT2D eigenvalue weighted by molar-refractivity contribution is -0.138. The minimum atomic E-state index is -0.941. The highest BCUT2D eigenvalue weighted by Crippen LogP contribution is 2.24. The molecular weight excluding hydrogens is 199 g/mol. The quantitative estimate of drug-likeness (QED) is 0.833. The smallest absolute Gasteiger partial charge is 0.310 e. The van der Waals surface area contributed by atoms with Crippen LogP contribution in [-0.2, 0) is 4.79 Å². The van der Waals surface area contributed by atoms with Crippen LogP contribution in [0, 0.1) is 5.82 Å². The third-order valence-electron chi connectivity index (χ3n) is 2.13. The number of carboxylic acids is 1. The van der Waals surface area contributed by atoms with Crippen molar-refractivity contribution in [2.45, 2.75) is 19.8 Å². The minimum Gasteiger partial charge on any atom is -0.491 e. The van der Waals surface area contributed by atoms with Gasteiger partial charge in [0.15, 0.2) is 11.6 Å². The van der Waals surface area contributed by atoms with Crippen molar-refractivity contribution in [2.75, 3.05) is 6.61 Å². The van der Waals surface area contributed by atoms with E-state index < -0.39 is 17.7 Å². The number of hydrogen-bond donors (Lipinski definition) is 1. The zero-order valence-electron chi connectivity index (χ0n) is 8.66. The van der Waals surface area contributed by atoms with E-state index >= 15 is 0 Å². The molecular formula is C11H13FO3. The van der Waals surface area contributed by atoms with E-state index in [1.54, 1.807) is 13.8 Å². The van der Waals surface area contributed by atoms with Crippen LogP contribution in [0.25, 0.3) is 0 Å². The van der Waals surface area contributed by atoms with Crippen LogP contribution in [0.4, 0.5) is 4.39 Å². The first-order chi connectivity index (χ1) is 7.06. The molecule has 0 radical (unpaired) electrons. The maximum Gasteiger partial charge on any atom is 0.310 e. The van der Waals surface area contributed by atoms with Crippen LogP contribution in [0.1, 0.15) is 25.3 Å². The molecule has 0 aromatic heterocycles. The molecule has 1 aromatic rings. The number of hydrogen-bond acceptors (Lipinski definition) is 2. The summed E-state index contributed by atoms with van der Waals surface area (Å²) >= 11 is 0. The number of rotatable bonds is 4. The predicted octanol–water partition coefficient (Wildman–Crippen LogP) is 2.41. The van der Waals surface area contributed by atoms with Gasteiger partial charge in [-0.3, -0.25) is 4.79 Å². The number of ether oxygens (including phenoxy) is 1. The highest BCUT2D eigenvalue weighted by molar-refractivity contribution is 5.75. The van der Waals surface area contributed by atoms with E-state index in [4.69, 9.17) is 9.84 Å². The monoisotopic (exact) mass is 212 g/mol. The van der Waals surface area contributed by atoms with Gasteiger partial charge in [0.25, 0.3) is 0 Å². The van der Waals surface area contributed by atoms with Gasteiger partial charge in [0.2, 0.25) is 0 Å². The Morgan fingerprint density at radius 2 is 2.27 bits per heavy atom. The molecule has 4 heteroatoms. The molecule has 3 nitrogen and oxygen atoms in total. The fourth-order valence-corrected chi connectivity index (χ4v) is 1.20. The Kier molecular flexibility index (Phi) is 3.66. The molecule has 0 fully saturated rings. The summed E-state index contributed by atoms with van der Waals surface area (Å²) in [6.07, 6.45) is 0. The number of carbonyl (C=O) groups is 1. The highest BCUT2D eigenvalue weighted by Gasteiger charge is 2.15. The maximum absolute atomic E-state index is 13.1. The second-order valence-corrected chi connectivity index (χ2v) is 3.18. The second kappa shape index (κ2) is 4.77. The number of benzene rings is 1. The van der Waals surface area contributed by atoms with Gasteiger partial charge in [0.1, 0.15) is 0 Å². The van der Waals surface area contributed by atoms with Crippen LogP contribution in [-0.4, -0.2) is 17.7 Å². The summed E-state index contributed by atoms with van der Waals surface area (Å²) in [6.45, 7) is 3.64. The van der Waals surface area contributed by atoms with Gasteiger partial charge in [-0.15, -0.1) is 0 Å². The molecule has 82 valence electrons. The van der Waals surface area contributed by atoms with E-state index in [1.165, 1.54) is 18.2 Å². The van der Waals surface area contributed by atoms with Crippen molar-refractivity contribution in [3.05, 3.63) is 29.6 Å². The molecule has 0 aliphatic heterocycles. The summed E-state index contributed by atoms with van der Waals surface area (Å²) in [7, 11) is 0. The van der Waals surface area contributed by atoms with Gasteiger partial charge in [-0.25, -0.2) is 4.39 Å². The summed E-state index contributed by atoms with van der Waals surface area (Å²) in [5.74, 6) is -1.98. The Balaban J connectivity index is 3.01. The van der Waals surface area contributed by atoms with Crippen molar-refractivity contribution in [2.24, 2.45) is 0 Å². The van der Waals surface area contributed by atoms with Gasteiger partial charge in [-0.1, -0.05) is 6.07 Å². The lowest BCUT2D eigenvalue weighted by atomic mass is 10.0. The molecule has 1 atom stereocenters. The van der Waals surface area contributed by atoms with Gasteiger partial charge in [0.05, 0.1) is 12.5 Å². The van der Waals surface area contributed by atoms with E-state index in [0.717, 1.165) is 0 Å². The fourth-order valence-electron chi connectivity index (χ4n) is 1.20. The lowest BCUT2D eigenvalue weighted by Crippen LogP contribution is -2.08. The van der Waals surface area contributed by atoms with Gasteiger partial charge in [-0.05, 0) is 31.5 Å². The number of halogens is 1. The summed E-state index contributed by atoms with van der Waals surface area (Å²) < 4.78 is 18.2. The maximum atomic E-state index is 13.1. The van der Waals surface area contributed by atoms with Crippen LogP contribution in [0.15, 0.2) is 18.2 Å². The van der Waals surface area contributed by atoms with E-state index in [-0.39, 0.29) is 5.75 Å². The molecule has 1 aromatic carbocycles. The molecule has 0 saturated heterocycles. The normalized spacial score (nSPS) is 12.2. The SMILES string of the molecule is CCOc1cc(C(C)C(=O)O)ccc1F. The van der Waals surface area contributed by atoms with Crippen molar-refractivity contribution in [1.82, 2.24) is 0 Å². The van der Waals surface area contributed by atoms with Gasteiger partial charge >= 0.3 is 5.97 Å². The Hall–Kier alpha value is -1.58. The third kappa shape index (κ3) is 2.68. The summed E-state index contributed by atoms with van der Waals surface area (Å²) in [5, 5.41) is 8.79. The average Bonchev–Trinajstić information content (AvgIpc) is 2.20. The highest BCUT2D eigenvalue weighted by atomic mass is 19.1. The van der Waals surface area contributed by atoms with Crippen LogP contribution in [0.3, 0.4) is 0 Å². The van der Waals surface area contributed by atoms with Crippen molar-refractivity contribution in [3.63, 3.8) is 0 Å². The second-order valence-electron chi connectivity index (χ2n) is 3.18. The molecule has 0 amide bonds. The largest absolute Gasteiger partial charge is 0.491 e. The minimum absolute atomic E-state index is 0.100. The van der Waals surface area contributed by atoms with Crippen LogP contribution in [0.2, 0.25) is 0 Å². The molecule has 1 N–H and O–H groups in total.